The molecular weight excluding hydrogens is 449 g/mol. The third-order valence-electron chi connectivity index (χ3n) is 5.88. The van der Waals surface area contributed by atoms with Gasteiger partial charge >= 0.3 is 0 Å². The van der Waals surface area contributed by atoms with Gasteiger partial charge in [0.25, 0.3) is 0 Å². The van der Waals surface area contributed by atoms with Gasteiger partial charge in [0.1, 0.15) is 18.2 Å². The van der Waals surface area contributed by atoms with Crippen molar-refractivity contribution >= 4 is 24.1 Å². The molecule has 10 heteroatoms. The van der Waals surface area contributed by atoms with Crippen molar-refractivity contribution in [2.45, 2.75) is 19.4 Å². The third-order valence-corrected chi connectivity index (χ3v) is 5.88. The Balaban J connectivity index is 1.27. The van der Waals surface area contributed by atoms with E-state index in [4.69, 9.17) is 14.5 Å². The molecule has 1 aromatic heterocycles. The molecule has 35 heavy (non-hydrogen) atoms. The summed E-state index contributed by atoms with van der Waals surface area (Å²) in [4.78, 5) is 18.2. The Morgan fingerprint density at radius 3 is 2.46 bits per heavy atom. The fourth-order valence-corrected chi connectivity index (χ4v) is 3.99. The molecule has 2 fully saturated rings. The van der Waals surface area contributed by atoms with Gasteiger partial charge in [0.2, 0.25) is 17.8 Å². The first-order valence-electron chi connectivity index (χ1n) is 11.8. The van der Waals surface area contributed by atoms with Crippen molar-refractivity contribution in [1.29, 1.82) is 0 Å². The number of ether oxygens (including phenoxy) is 2. The first kappa shape index (κ1) is 23.0. The van der Waals surface area contributed by atoms with E-state index in [1.54, 1.807) is 24.4 Å². The van der Waals surface area contributed by atoms with Crippen LogP contribution in [-0.4, -0.2) is 60.6 Å². The van der Waals surface area contributed by atoms with Gasteiger partial charge in [0.05, 0.1) is 19.4 Å². The largest absolute Gasteiger partial charge is 0.489 e. The maximum atomic E-state index is 13.8. The molecule has 0 atom stereocenters. The van der Waals surface area contributed by atoms with Crippen molar-refractivity contribution < 1.29 is 13.9 Å². The summed E-state index contributed by atoms with van der Waals surface area (Å²) in [7, 11) is 0. The van der Waals surface area contributed by atoms with Gasteiger partial charge in [-0.05, 0) is 36.6 Å². The number of anilines is 3. The minimum atomic E-state index is -0.281. The molecule has 0 radical (unpaired) electrons. The van der Waals surface area contributed by atoms with Gasteiger partial charge in [0, 0.05) is 31.7 Å². The summed E-state index contributed by atoms with van der Waals surface area (Å²) in [5.41, 5.74) is 4.29. The molecule has 0 spiro atoms. The lowest BCUT2D eigenvalue weighted by atomic mass is 10.2. The van der Waals surface area contributed by atoms with Gasteiger partial charge in [-0.15, -0.1) is 0 Å². The summed E-state index contributed by atoms with van der Waals surface area (Å²) in [6.07, 6.45) is 3.94. The fraction of sp³-hybridized carbons (Fsp3) is 0.360. The predicted octanol–water partition coefficient (Wildman–Crippen LogP) is 3.47. The molecule has 2 aliphatic heterocycles. The number of hydrogen-bond acceptors (Lipinski definition) is 9. The molecule has 1 N–H and O–H groups in total. The Bertz CT molecular complexity index is 1160. The number of nitrogens with one attached hydrogen (secondary N) is 1. The third kappa shape index (κ3) is 6.02. The topological polar surface area (TPSA) is 88.0 Å². The number of aromatic nitrogens is 3. The predicted molar refractivity (Wildman–Crippen MR) is 133 cm³/mol. The van der Waals surface area contributed by atoms with E-state index in [0.29, 0.717) is 42.4 Å². The van der Waals surface area contributed by atoms with Crippen LogP contribution >= 0.6 is 0 Å². The average molecular weight is 478 g/mol. The molecule has 2 saturated heterocycles. The van der Waals surface area contributed by atoms with E-state index in [2.05, 4.69) is 30.3 Å². The smallest absolute Gasteiger partial charge is 0.250 e. The van der Waals surface area contributed by atoms with Crippen LogP contribution in [0, 0.1) is 5.82 Å². The van der Waals surface area contributed by atoms with Crippen molar-refractivity contribution in [3.05, 3.63) is 65.5 Å². The van der Waals surface area contributed by atoms with Gasteiger partial charge in [-0.1, -0.05) is 30.3 Å². The van der Waals surface area contributed by atoms with Crippen LogP contribution < -0.4 is 20.0 Å². The summed E-state index contributed by atoms with van der Waals surface area (Å²) in [5, 5.41) is 4.33. The Morgan fingerprint density at radius 1 is 0.943 bits per heavy atom. The lowest BCUT2D eigenvalue weighted by molar-refractivity contribution is 0.122. The highest BCUT2D eigenvalue weighted by atomic mass is 19.1. The summed E-state index contributed by atoms with van der Waals surface area (Å²) in [5.74, 6) is 2.04. The second-order valence-corrected chi connectivity index (χ2v) is 8.38. The Kier molecular flexibility index (Phi) is 7.28. The fourth-order valence-electron chi connectivity index (χ4n) is 3.99. The lowest BCUT2D eigenvalue weighted by Gasteiger charge is -2.27. The van der Waals surface area contributed by atoms with E-state index in [1.807, 2.05) is 24.3 Å². The molecule has 3 heterocycles. The number of nitrogens with zero attached hydrogens (tertiary/aromatic N) is 6. The Labute approximate surface area is 203 Å². The number of halogens is 1. The monoisotopic (exact) mass is 477 g/mol. The van der Waals surface area contributed by atoms with Crippen LogP contribution in [-0.2, 0) is 11.3 Å². The molecule has 3 aromatic rings. The van der Waals surface area contributed by atoms with E-state index >= 15 is 0 Å². The lowest BCUT2D eigenvalue weighted by Crippen LogP contribution is -2.38. The zero-order chi connectivity index (χ0) is 23.9. The Morgan fingerprint density at radius 2 is 1.69 bits per heavy atom. The molecule has 182 valence electrons. The van der Waals surface area contributed by atoms with Crippen LogP contribution in [0.1, 0.15) is 24.0 Å². The molecular formula is C25H28FN7O2. The van der Waals surface area contributed by atoms with Crippen LogP contribution in [0.25, 0.3) is 0 Å². The minimum absolute atomic E-state index is 0.153. The van der Waals surface area contributed by atoms with Crippen LogP contribution in [0.2, 0.25) is 0 Å². The molecule has 9 nitrogen and oxygen atoms in total. The summed E-state index contributed by atoms with van der Waals surface area (Å²) >= 11 is 0. The van der Waals surface area contributed by atoms with Gasteiger partial charge < -0.3 is 19.3 Å². The Hall–Kier alpha value is -3.79. The number of benzene rings is 2. The zero-order valence-corrected chi connectivity index (χ0v) is 19.4. The number of morpholine rings is 1. The molecule has 0 unspecified atom stereocenters. The van der Waals surface area contributed by atoms with Gasteiger partial charge in [-0.2, -0.15) is 20.1 Å². The summed E-state index contributed by atoms with van der Waals surface area (Å²) < 4.78 is 25.1. The SMILES string of the molecule is Fc1ccccc1COc1cccc(/C=N\Nc2nc(N3CCCC3)nc(N3CCOCC3)n2)c1. The first-order chi connectivity index (χ1) is 17.2. The van der Waals surface area contributed by atoms with Gasteiger partial charge in [-0.25, -0.2) is 9.82 Å². The number of hydrazone groups is 1. The minimum Gasteiger partial charge on any atom is -0.489 e. The number of hydrogen-bond donors (Lipinski definition) is 1. The van der Waals surface area contributed by atoms with Crippen LogP contribution in [0.3, 0.4) is 0 Å². The molecule has 0 saturated carbocycles. The van der Waals surface area contributed by atoms with Crippen LogP contribution in [0.5, 0.6) is 5.75 Å². The highest BCUT2D eigenvalue weighted by Crippen LogP contribution is 2.21. The highest BCUT2D eigenvalue weighted by molar-refractivity contribution is 5.80. The van der Waals surface area contributed by atoms with E-state index in [9.17, 15) is 4.39 Å². The first-order valence-corrected chi connectivity index (χ1v) is 11.8. The molecule has 0 bridgehead atoms. The van der Waals surface area contributed by atoms with Crippen molar-refractivity contribution in [3.8, 4) is 5.75 Å². The molecule has 0 amide bonds. The van der Waals surface area contributed by atoms with Gasteiger partial charge in [-0.3, -0.25) is 0 Å². The summed E-state index contributed by atoms with van der Waals surface area (Å²) in [6, 6.07) is 14.0. The van der Waals surface area contributed by atoms with E-state index in [0.717, 1.165) is 44.6 Å². The molecule has 2 aromatic carbocycles. The van der Waals surface area contributed by atoms with E-state index in [-0.39, 0.29) is 12.4 Å². The average Bonchev–Trinajstić information content (AvgIpc) is 3.44. The normalized spacial score (nSPS) is 16.1. The zero-order valence-electron chi connectivity index (χ0n) is 19.4. The highest BCUT2D eigenvalue weighted by Gasteiger charge is 2.21. The van der Waals surface area contributed by atoms with Crippen molar-refractivity contribution in [2.24, 2.45) is 5.10 Å². The van der Waals surface area contributed by atoms with Crippen molar-refractivity contribution in [3.63, 3.8) is 0 Å². The molecule has 5 rings (SSSR count). The van der Waals surface area contributed by atoms with Crippen LogP contribution in [0.15, 0.2) is 53.6 Å². The van der Waals surface area contributed by atoms with Crippen molar-refractivity contribution in [1.82, 2.24) is 15.0 Å². The van der Waals surface area contributed by atoms with Gasteiger partial charge in [0.15, 0.2) is 0 Å². The summed E-state index contributed by atoms with van der Waals surface area (Å²) in [6.45, 7) is 4.82. The van der Waals surface area contributed by atoms with E-state index in [1.165, 1.54) is 6.07 Å². The quantitative estimate of drug-likeness (QED) is 0.390. The molecule has 0 aliphatic carbocycles. The standard InChI is InChI=1S/C25H28FN7O2/c26-22-9-2-1-7-20(22)18-35-21-8-5-6-19(16-21)17-27-31-23-28-24(32-10-3-4-11-32)30-25(29-23)33-12-14-34-15-13-33/h1-2,5-9,16-17H,3-4,10-15,18H2,(H,28,29,30,31)/b27-17-. The number of rotatable bonds is 8. The second kappa shape index (κ2) is 11.1. The van der Waals surface area contributed by atoms with E-state index < -0.39 is 0 Å². The maximum absolute atomic E-state index is 13.8. The second-order valence-electron chi connectivity index (χ2n) is 8.38. The maximum Gasteiger partial charge on any atom is 0.250 e. The van der Waals surface area contributed by atoms with Crippen molar-refractivity contribution in [2.75, 3.05) is 54.6 Å². The van der Waals surface area contributed by atoms with Crippen LogP contribution in [0.4, 0.5) is 22.2 Å². The molecule has 2 aliphatic rings.